The van der Waals surface area contributed by atoms with E-state index in [1.165, 1.54) is 0 Å². The van der Waals surface area contributed by atoms with Crippen LogP contribution in [0.25, 0.3) is 0 Å². The molecule has 90 valence electrons. The van der Waals surface area contributed by atoms with Crippen molar-refractivity contribution in [1.29, 1.82) is 0 Å². The van der Waals surface area contributed by atoms with Gasteiger partial charge in [0.15, 0.2) is 0 Å². The third-order valence-corrected chi connectivity index (χ3v) is 3.72. The van der Waals surface area contributed by atoms with Gasteiger partial charge in [0.25, 0.3) is 5.91 Å². The van der Waals surface area contributed by atoms with Crippen LogP contribution in [0.3, 0.4) is 0 Å². The van der Waals surface area contributed by atoms with E-state index >= 15 is 0 Å². The summed E-state index contributed by atoms with van der Waals surface area (Å²) in [7, 11) is 0. The maximum atomic E-state index is 12.4. The normalized spacial score (nSPS) is 14.5. The average molecular weight is 312 g/mol. The van der Waals surface area contributed by atoms with E-state index in [-0.39, 0.29) is 5.91 Å². The minimum Gasteiger partial charge on any atom is -0.332 e. The number of carbonyl (C=O) groups excluding carboxylic acids is 1. The molecule has 1 amide bonds. The lowest BCUT2D eigenvalue weighted by Crippen LogP contribution is -2.33. The van der Waals surface area contributed by atoms with Gasteiger partial charge in [0.2, 0.25) is 0 Å². The van der Waals surface area contributed by atoms with Gasteiger partial charge in [0, 0.05) is 22.0 Å². The largest absolute Gasteiger partial charge is 0.332 e. The number of nitrogens with zero attached hydrogens (tertiary/aromatic N) is 1. The van der Waals surface area contributed by atoms with Crippen molar-refractivity contribution < 1.29 is 4.79 Å². The lowest BCUT2D eigenvalue weighted by molar-refractivity contribution is 0.0761. The molecule has 0 atom stereocenters. The maximum Gasteiger partial charge on any atom is 0.255 e. The van der Waals surface area contributed by atoms with E-state index in [1.54, 1.807) is 12.1 Å². The van der Waals surface area contributed by atoms with E-state index in [4.69, 9.17) is 0 Å². The number of benzene rings is 1. The van der Waals surface area contributed by atoms with Gasteiger partial charge in [-0.15, -0.1) is 19.2 Å². The molecule has 17 heavy (non-hydrogen) atoms. The lowest BCUT2D eigenvalue weighted by atomic mass is 10.2. The quantitative estimate of drug-likeness (QED) is 0.666. The molecule has 4 heteroatoms. The van der Waals surface area contributed by atoms with Crippen LogP contribution < -0.4 is 0 Å². The molecule has 1 aromatic carbocycles. The summed E-state index contributed by atoms with van der Waals surface area (Å²) in [4.78, 5) is 15.1. The van der Waals surface area contributed by atoms with Crippen LogP contribution >= 0.6 is 28.6 Å². The van der Waals surface area contributed by atoms with Crippen LogP contribution in [0.15, 0.2) is 40.2 Å². The van der Waals surface area contributed by atoms with E-state index in [9.17, 15) is 4.79 Å². The Morgan fingerprint density at radius 1 is 1.59 bits per heavy atom. The summed E-state index contributed by atoms with van der Waals surface area (Å²) in [5.41, 5.74) is 0.672. The van der Waals surface area contributed by atoms with Gasteiger partial charge >= 0.3 is 0 Å². The standard InChI is InChI=1S/C13H14BrNOS/c1-2-7-15(9-3-4-9)13(16)11-8-10(17)5-6-12(11)14/h2,5-6,8-9,17H,1,3-4,7H2. The molecule has 0 aliphatic heterocycles. The van der Waals surface area contributed by atoms with Crippen molar-refractivity contribution in [2.24, 2.45) is 0 Å². The van der Waals surface area contributed by atoms with E-state index < -0.39 is 0 Å². The van der Waals surface area contributed by atoms with Crippen molar-refractivity contribution in [1.82, 2.24) is 4.90 Å². The molecule has 1 aromatic rings. The van der Waals surface area contributed by atoms with E-state index in [0.717, 1.165) is 22.2 Å². The summed E-state index contributed by atoms with van der Waals surface area (Å²) in [5, 5.41) is 0. The van der Waals surface area contributed by atoms with E-state index in [0.29, 0.717) is 18.2 Å². The molecular weight excluding hydrogens is 298 g/mol. The molecule has 0 N–H and O–H groups in total. The highest BCUT2D eigenvalue weighted by atomic mass is 79.9. The summed E-state index contributed by atoms with van der Waals surface area (Å²) in [6.07, 6.45) is 3.96. The zero-order valence-electron chi connectivity index (χ0n) is 9.40. The van der Waals surface area contributed by atoms with Crippen molar-refractivity contribution in [2.75, 3.05) is 6.54 Å². The number of hydrogen-bond acceptors (Lipinski definition) is 2. The number of thiol groups is 1. The fourth-order valence-electron chi connectivity index (χ4n) is 1.75. The Kier molecular flexibility index (Phi) is 3.94. The molecule has 2 nitrogen and oxygen atoms in total. The van der Waals surface area contributed by atoms with Gasteiger partial charge in [-0.25, -0.2) is 0 Å². The molecule has 2 rings (SSSR count). The Bertz CT molecular complexity index is 457. The monoisotopic (exact) mass is 311 g/mol. The highest BCUT2D eigenvalue weighted by Crippen LogP contribution is 2.30. The van der Waals surface area contributed by atoms with Crippen molar-refractivity contribution in [2.45, 2.75) is 23.8 Å². The van der Waals surface area contributed by atoms with Crippen LogP contribution in [0.1, 0.15) is 23.2 Å². The highest BCUT2D eigenvalue weighted by molar-refractivity contribution is 9.10. The Hall–Kier alpha value is -0.740. The van der Waals surface area contributed by atoms with Gasteiger partial charge in [0.1, 0.15) is 0 Å². The zero-order valence-corrected chi connectivity index (χ0v) is 11.9. The fraction of sp³-hybridized carbons (Fsp3) is 0.308. The van der Waals surface area contributed by atoms with Crippen molar-refractivity contribution in [3.8, 4) is 0 Å². The van der Waals surface area contributed by atoms with Crippen LogP contribution in [-0.4, -0.2) is 23.4 Å². The minimum absolute atomic E-state index is 0.0511. The molecule has 0 unspecified atom stereocenters. The first-order valence-electron chi connectivity index (χ1n) is 5.54. The Morgan fingerprint density at radius 3 is 2.88 bits per heavy atom. The Labute approximate surface area is 115 Å². The molecule has 1 aliphatic rings. The maximum absolute atomic E-state index is 12.4. The van der Waals surface area contributed by atoms with Gasteiger partial charge in [-0.1, -0.05) is 6.08 Å². The zero-order chi connectivity index (χ0) is 12.4. The number of hydrogen-bond donors (Lipinski definition) is 1. The van der Waals surface area contributed by atoms with Gasteiger partial charge in [-0.2, -0.15) is 0 Å². The molecule has 1 saturated carbocycles. The van der Waals surface area contributed by atoms with Crippen LogP contribution in [-0.2, 0) is 0 Å². The van der Waals surface area contributed by atoms with Crippen molar-refractivity contribution in [3.05, 3.63) is 40.9 Å². The number of amides is 1. The summed E-state index contributed by atoms with van der Waals surface area (Å²) < 4.78 is 0.815. The predicted molar refractivity (Wildman–Crippen MR) is 75.6 cm³/mol. The third kappa shape index (κ3) is 2.93. The fourth-order valence-corrected chi connectivity index (χ4v) is 2.37. The second-order valence-electron chi connectivity index (χ2n) is 4.14. The SMILES string of the molecule is C=CCN(C(=O)c1cc(S)ccc1Br)C1CC1. The van der Waals surface area contributed by atoms with Crippen LogP contribution in [0.4, 0.5) is 0 Å². The Morgan fingerprint density at radius 2 is 2.29 bits per heavy atom. The minimum atomic E-state index is 0.0511. The molecule has 0 aromatic heterocycles. The molecule has 1 aliphatic carbocycles. The highest BCUT2D eigenvalue weighted by Gasteiger charge is 2.32. The second kappa shape index (κ2) is 5.27. The summed E-state index contributed by atoms with van der Waals surface area (Å²) >= 11 is 7.68. The van der Waals surface area contributed by atoms with Crippen LogP contribution in [0.2, 0.25) is 0 Å². The summed E-state index contributed by atoms with van der Waals surface area (Å²) in [5.74, 6) is 0.0511. The third-order valence-electron chi connectivity index (χ3n) is 2.75. The molecular formula is C13H14BrNOS. The first-order chi connectivity index (χ1) is 8.13. The molecule has 0 radical (unpaired) electrons. The molecule has 0 bridgehead atoms. The van der Waals surface area contributed by atoms with Gasteiger partial charge < -0.3 is 4.90 Å². The predicted octanol–water partition coefficient (Wildman–Crippen LogP) is 3.53. The van der Waals surface area contributed by atoms with E-state index in [1.807, 2.05) is 17.0 Å². The van der Waals surface area contributed by atoms with Gasteiger partial charge in [0.05, 0.1) is 5.56 Å². The van der Waals surface area contributed by atoms with Crippen molar-refractivity contribution >= 4 is 34.5 Å². The molecule has 1 fully saturated rings. The second-order valence-corrected chi connectivity index (χ2v) is 5.51. The first-order valence-corrected chi connectivity index (χ1v) is 6.78. The summed E-state index contributed by atoms with van der Waals surface area (Å²) in [6, 6.07) is 5.90. The topological polar surface area (TPSA) is 20.3 Å². The number of rotatable bonds is 4. The molecule has 0 saturated heterocycles. The smallest absolute Gasteiger partial charge is 0.255 e. The first kappa shape index (κ1) is 12.7. The summed E-state index contributed by atoms with van der Waals surface area (Å²) in [6.45, 7) is 4.31. The average Bonchev–Trinajstić information content (AvgIpc) is 3.12. The van der Waals surface area contributed by atoms with Crippen molar-refractivity contribution in [3.63, 3.8) is 0 Å². The Balaban J connectivity index is 2.27. The van der Waals surface area contributed by atoms with Gasteiger partial charge in [-0.05, 0) is 47.0 Å². The lowest BCUT2D eigenvalue weighted by Gasteiger charge is -2.21. The van der Waals surface area contributed by atoms with Crippen LogP contribution in [0.5, 0.6) is 0 Å². The van der Waals surface area contributed by atoms with Gasteiger partial charge in [-0.3, -0.25) is 4.79 Å². The number of halogens is 1. The number of carbonyl (C=O) groups is 1. The molecule has 0 heterocycles. The molecule has 0 spiro atoms. The van der Waals surface area contributed by atoms with E-state index in [2.05, 4.69) is 35.1 Å². The van der Waals surface area contributed by atoms with Crippen LogP contribution in [0, 0.1) is 0 Å².